The summed E-state index contributed by atoms with van der Waals surface area (Å²) in [6, 6.07) is 14.8. The van der Waals surface area contributed by atoms with Crippen molar-refractivity contribution in [1.29, 1.82) is 0 Å². The van der Waals surface area contributed by atoms with E-state index in [-0.39, 0.29) is 5.75 Å². The van der Waals surface area contributed by atoms with Gasteiger partial charge in [0.15, 0.2) is 11.6 Å². The second-order valence-corrected chi connectivity index (χ2v) is 6.98. The maximum absolute atomic E-state index is 13.7. The molecule has 0 atom stereocenters. The summed E-state index contributed by atoms with van der Waals surface area (Å²) in [5.41, 5.74) is 2.44. The maximum Gasteiger partial charge on any atom is 0.323 e. The molecule has 0 saturated carbocycles. The predicted octanol–water partition coefficient (Wildman–Crippen LogP) is 5.05. The van der Waals surface area contributed by atoms with Gasteiger partial charge in [-0.1, -0.05) is 19.1 Å². The Kier molecular flexibility index (Phi) is 6.44. The molecule has 0 aliphatic rings. The lowest BCUT2D eigenvalue weighted by Crippen LogP contribution is -2.19. The van der Waals surface area contributed by atoms with Gasteiger partial charge in [0.2, 0.25) is 0 Å². The first-order chi connectivity index (χ1) is 13.6. The molecular formula is C20H19FN4O2S. The molecule has 2 N–H and O–H groups in total. The molecule has 2 aromatic carbocycles. The van der Waals surface area contributed by atoms with Gasteiger partial charge in [-0.25, -0.2) is 9.18 Å². The van der Waals surface area contributed by atoms with Crippen molar-refractivity contribution in [3.05, 3.63) is 60.4 Å². The first-order valence-electron chi connectivity index (χ1n) is 8.57. The Morgan fingerprint density at radius 2 is 1.86 bits per heavy atom. The highest BCUT2D eigenvalue weighted by molar-refractivity contribution is 7.99. The molecule has 1 aromatic heterocycles. The lowest BCUT2D eigenvalue weighted by Gasteiger charge is -2.10. The minimum atomic E-state index is -0.550. The second kappa shape index (κ2) is 9.18. The zero-order valence-corrected chi connectivity index (χ0v) is 16.2. The van der Waals surface area contributed by atoms with Crippen molar-refractivity contribution in [2.45, 2.75) is 11.9 Å². The first-order valence-corrected chi connectivity index (χ1v) is 9.56. The minimum absolute atomic E-state index is 0.114. The number of halogens is 1. The summed E-state index contributed by atoms with van der Waals surface area (Å²) in [6.45, 7) is 2.06. The highest BCUT2D eigenvalue weighted by atomic mass is 32.2. The normalized spacial score (nSPS) is 10.4. The van der Waals surface area contributed by atoms with E-state index in [0.717, 1.165) is 16.3 Å². The molecule has 0 saturated heterocycles. The summed E-state index contributed by atoms with van der Waals surface area (Å²) >= 11 is 1.62. The van der Waals surface area contributed by atoms with E-state index in [9.17, 15) is 9.18 Å². The largest absolute Gasteiger partial charge is 0.494 e. The topological polar surface area (TPSA) is 76.1 Å². The molecule has 0 fully saturated rings. The monoisotopic (exact) mass is 398 g/mol. The number of hydrogen-bond acceptors (Lipinski definition) is 5. The van der Waals surface area contributed by atoms with Gasteiger partial charge in [-0.3, -0.25) is 0 Å². The van der Waals surface area contributed by atoms with E-state index in [4.69, 9.17) is 4.74 Å². The maximum atomic E-state index is 13.7. The number of anilines is 2. The number of urea groups is 1. The molecule has 0 radical (unpaired) electrons. The molecule has 6 nitrogen and oxygen atoms in total. The van der Waals surface area contributed by atoms with Gasteiger partial charge in [0.05, 0.1) is 12.8 Å². The standard InChI is InChI=1S/C20H19FN4O2S/c1-3-28-19-10-8-17(24-25-19)13-5-4-6-14(11-13)22-20(26)23-15-7-9-18(27-2)16(21)12-15/h4-12H,3H2,1-2H3,(H2,22,23,26). The molecule has 0 bridgehead atoms. The third kappa shape index (κ3) is 4.98. The Labute approximate surface area is 166 Å². The van der Waals surface area contributed by atoms with Gasteiger partial charge >= 0.3 is 6.03 Å². The Morgan fingerprint density at radius 3 is 2.50 bits per heavy atom. The molecular weight excluding hydrogens is 379 g/mol. The quantitative estimate of drug-likeness (QED) is 0.569. The fourth-order valence-corrected chi connectivity index (χ4v) is 3.05. The van der Waals surface area contributed by atoms with Crippen LogP contribution in [0.15, 0.2) is 59.6 Å². The first kappa shape index (κ1) is 19.6. The van der Waals surface area contributed by atoms with Crippen LogP contribution >= 0.6 is 11.8 Å². The van der Waals surface area contributed by atoms with Gasteiger partial charge in [-0.05, 0) is 42.2 Å². The van der Waals surface area contributed by atoms with Crippen LogP contribution in [0.25, 0.3) is 11.3 Å². The van der Waals surface area contributed by atoms with Crippen LogP contribution in [0.5, 0.6) is 5.75 Å². The molecule has 0 aliphatic carbocycles. The number of nitrogens with one attached hydrogen (secondary N) is 2. The number of rotatable bonds is 6. The van der Waals surface area contributed by atoms with E-state index in [1.165, 1.54) is 19.2 Å². The Bertz CT molecular complexity index is 967. The number of aromatic nitrogens is 2. The van der Waals surface area contributed by atoms with Crippen molar-refractivity contribution in [2.75, 3.05) is 23.5 Å². The highest BCUT2D eigenvalue weighted by Gasteiger charge is 2.08. The van der Waals surface area contributed by atoms with Crippen LogP contribution in [0.1, 0.15) is 6.92 Å². The van der Waals surface area contributed by atoms with Crippen LogP contribution in [-0.2, 0) is 0 Å². The third-order valence-corrected chi connectivity index (χ3v) is 4.56. The molecule has 0 spiro atoms. The molecule has 3 rings (SSSR count). The summed E-state index contributed by atoms with van der Waals surface area (Å²) < 4.78 is 18.6. The molecule has 0 unspecified atom stereocenters. The third-order valence-electron chi connectivity index (χ3n) is 3.76. The van der Waals surface area contributed by atoms with E-state index in [2.05, 4.69) is 27.8 Å². The van der Waals surface area contributed by atoms with Gasteiger partial charge in [0.25, 0.3) is 0 Å². The highest BCUT2D eigenvalue weighted by Crippen LogP contribution is 2.23. The Balaban J connectivity index is 1.68. The van der Waals surface area contributed by atoms with E-state index < -0.39 is 11.8 Å². The number of thioether (sulfide) groups is 1. The summed E-state index contributed by atoms with van der Waals surface area (Å²) in [4.78, 5) is 12.2. The van der Waals surface area contributed by atoms with Crippen LogP contribution in [-0.4, -0.2) is 29.1 Å². The van der Waals surface area contributed by atoms with Gasteiger partial charge in [0, 0.05) is 23.0 Å². The van der Waals surface area contributed by atoms with Crippen LogP contribution < -0.4 is 15.4 Å². The minimum Gasteiger partial charge on any atom is -0.494 e. The molecule has 28 heavy (non-hydrogen) atoms. The lowest BCUT2D eigenvalue weighted by molar-refractivity contribution is 0.262. The summed E-state index contributed by atoms with van der Waals surface area (Å²) in [6.07, 6.45) is 0. The van der Waals surface area contributed by atoms with Crippen LogP contribution in [0.4, 0.5) is 20.6 Å². The van der Waals surface area contributed by atoms with Gasteiger partial charge in [-0.15, -0.1) is 22.0 Å². The molecule has 2 amide bonds. The SMILES string of the molecule is CCSc1ccc(-c2cccc(NC(=O)Nc3ccc(OC)c(F)c3)c2)nn1. The fraction of sp³-hybridized carbons (Fsp3) is 0.150. The zero-order valence-electron chi connectivity index (χ0n) is 15.4. The Morgan fingerprint density at radius 1 is 1.07 bits per heavy atom. The average Bonchev–Trinajstić information content (AvgIpc) is 2.69. The molecule has 3 aromatic rings. The van der Waals surface area contributed by atoms with Crippen molar-refractivity contribution in [2.24, 2.45) is 0 Å². The predicted molar refractivity (Wildman–Crippen MR) is 109 cm³/mol. The van der Waals surface area contributed by atoms with E-state index in [1.54, 1.807) is 30.0 Å². The summed E-state index contributed by atoms with van der Waals surface area (Å²) in [5.74, 6) is 0.495. The number of carbonyl (C=O) groups is 1. The van der Waals surface area contributed by atoms with Crippen molar-refractivity contribution in [1.82, 2.24) is 10.2 Å². The van der Waals surface area contributed by atoms with Crippen LogP contribution in [0, 0.1) is 5.82 Å². The van der Waals surface area contributed by atoms with Crippen molar-refractivity contribution in [3.8, 4) is 17.0 Å². The number of benzene rings is 2. The van der Waals surface area contributed by atoms with Crippen LogP contribution in [0.2, 0.25) is 0 Å². The Hall–Kier alpha value is -3.13. The van der Waals surface area contributed by atoms with E-state index in [1.807, 2.05) is 24.3 Å². The van der Waals surface area contributed by atoms with Gasteiger partial charge < -0.3 is 15.4 Å². The lowest BCUT2D eigenvalue weighted by atomic mass is 10.1. The van der Waals surface area contributed by atoms with Crippen molar-refractivity contribution in [3.63, 3.8) is 0 Å². The van der Waals surface area contributed by atoms with Gasteiger partial charge in [-0.2, -0.15) is 0 Å². The zero-order chi connectivity index (χ0) is 19.9. The average molecular weight is 398 g/mol. The number of methoxy groups -OCH3 is 1. The van der Waals surface area contributed by atoms with Gasteiger partial charge in [0.1, 0.15) is 5.03 Å². The smallest absolute Gasteiger partial charge is 0.323 e. The number of amides is 2. The molecule has 144 valence electrons. The number of nitrogens with zero attached hydrogens (tertiary/aromatic N) is 2. The second-order valence-electron chi connectivity index (χ2n) is 5.70. The van der Waals surface area contributed by atoms with E-state index in [0.29, 0.717) is 17.1 Å². The van der Waals surface area contributed by atoms with E-state index >= 15 is 0 Å². The summed E-state index contributed by atoms with van der Waals surface area (Å²) in [7, 11) is 1.38. The summed E-state index contributed by atoms with van der Waals surface area (Å²) in [5, 5.41) is 14.6. The fourth-order valence-electron chi connectivity index (χ4n) is 2.49. The number of ether oxygens (including phenoxy) is 1. The molecule has 0 aliphatic heterocycles. The molecule has 1 heterocycles. The van der Waals surface area contributed by atoms with Crippen LogP contribution in [0.3, 0.4) is 0 Å². The number of carbonyl (C=O) groups excluding carboxylic acids is 1. The van der Waals surface area contributed by atoms with Crippen molar-refractivity contribution < 1.29 is 13.9 Å². The van der Waals surface area contributed by atoms with Crippen molar-refractivity contribution >= 4 is 29.2 Å². The number of hydrogen-bond donors (Lipinski definition) is 2. The molecule has 8 heteroatoms.